The van der Waals surface area contributed by atoms with Gasteiger partial charge >= 0.3 is 0 Å². The molecule has 0 aromatic carbocycles. The number of rotatable bonds is 2. The van der Waals surface area contributed by atoms with Crippen LogP contribution in [0.15, 0.2) is 17.1 Å². The van der Waals surface area contributed by atoms with Crippen molar-refractivity contribution in [2.75, 3.05) is 13.1 Å². The van der Waals surface area contributed by atoms with Gasteiger partial charge in [0.1, 0.15) is 0 Å². The first kappa shape index (κ1) is 12.4. The number of piperidine rings is 1. The van der Waals surface area contributed by atoms with Crippen molar-refractivity contribution in [3.8, 4) is 0 Å². The van der Waals surface area contributed by atoms with Crippen LogP contribution in [0.4, 0.5) is 0 Å². The van der Waals surface area contributed by atoms with Crippen molar-refractivity contribution in [2.45, 2.75) is 38.5 Å². The predicted octanol–water partition coefficient (Wildman–Crippen LogP) is 1.61. The van der Waals surface area contributed by atoms with Crippen LogP contribution in [0.2, 0.25) is 0 Å². The van der Waals surface area contributed by atoms with Crippen molar-refractivity contribution in [1.82, 2.24) is 19.9 Å². The molecule has 3 heterocycles. The van der Waals surface area contributed by atoms with Crippen LogP contribution in [0, 0.1) is 0 Å². The molecule has 0 spiro atoms. The standard InChI is InChI=1S/C14H20N4O/c1-9(2)11-8-16-18-13(19)6-12(17-14(11)18)10-4-3-5-15-7-10/h6,8-10,15-16H,3-5,7H2,1-2H3. The Kier molecular flexibility index (Phi) is 3.14. The lowest BCUT2D eigenvalue weighted by molar-refractivity contribution is 0.454. The SMILES string of the molecule is CC(C)c1c[nH]n2c(=O)cc(C3CCCNC3)nc12. The maximum Gasteiger partial charge on any atom is 0.272 e. The first-order valence-corrected chi connectivity index (χ1v) is 6.98. The Bertz CT molecular complexity index is 634. The second-order valence-electron chi connectivity index (χ2n) is 5.61. The molecule has 1 aliphatic rings. The maximum atomic E-state index is 12.1. The third-order valence-electron chi connectivity index (χ3n) is 3.88. The lowest BCUT2D eigenvalue weighted by Crippen LogP contribution is -2.30. The Morgan fingerprint density at radius 3 is 3.00 bits per heavy atom. The van der Waals surface area contributed by atoms with Crippen LogP contribution < -0.4 is 10.9 Å². The van der Waals surface area contributed by atoms with Crippen LogP contribution in [0.1, 0.15) is 49.8 Å². The number of aromatic amines is 1. The van der Waals surface area contributed by atoms with Crippen LogP contribution in [0.3, 0.4) is 0 Å². The lowest BCUT2D eigenvalue weighted by atomic mass is 9.96. The van der Waals surface area contributed by atoms with Gasteiger partial charge in [-0.2, -0.15) is 0 Å². The molecule has 1 unspecified atom stereocenters. The van der Waals surface area contributed by atoms with Crippen molar-refractivity contribution in [3.05, 3.63) is 33.9 Å². The normalized spacial score (nSPS) is 20.3. The van der Waals surface area contributed by atoms with Gasteiger partial charge in [0.25, 0.3) is 5.56 Å². The number of nitrogens with one attached hydrogen (secondary N) is 2. The third kappa shape index (κ3) is 2.18. The summed E-state index contributed by atoms with van der Waals surface area (Å²) in [6.07, 6.45) is 4.14. The van der Waals surface area contributed by atoms with Gasteiger partial charge in [-0.15, -0.1) is 0 Å². The van der Waals surface area contributed by atoms with Gasteiger partial charge < -0.3 is 5.32 Å². The van der Waals surface area contributed by atoms with Crippen LogP contribution in [-0.2, 0) is 0 Å². The lowest BCUT2D eigenvalue weighted by Gasteiger charge is -2.22. The molecule has 102 valence electrons. The van der Waals surface area contributed by atoms with E-state index in [0.29, 0.717) is 11.8 Å². The number of hydrogen-bond donors (Lipinski definition) is 2. The van der Waals surface area contributed by atoms with E-state index in [4.69, 9.17) is 4.98 Å². The third-order valence-corrected chi connectivity index (χ3v) is 3.88. The van der Waals surface area contributed by atoms with Crippen molar-refractivity contribution < 1.29 is 0 Å². The molecule has 3 rings (SSSR count). The summed E-state index contributed by atoms with van der Waals surface area (Å²) in [7, 11) is 0. The monoisotopic (exact) mass is 260 g/mol. The highest BCUT2D eigenvalue weighted by Gasteiger charge is 2.19. The van der Waals surface area contributed by atoms with E-state index in [1.165, 1.54) is 4.52 Å². The van der Waals surface area contributed by atoms with Gasteiger partial charge in [-0.25, -0.2) is 9.50 Å². The molecule has 1 fully saturated rings. The summed E-state index contributed by atoms with van der Waals surface area (Å²) in [6, 6.07) is 1.67. The zero-order valence-corrected chi connectivity index (χ0v) is 11.4. The second-order valence-corrected chi connectivity index (χ2v) is 5.61. The summed E-state index contributed by atoms with van der Waals surface area (Å²) in [5.41, 5.74) is 2.79. The minimum absolute atomic E-state index is 0.0162. The Balaban J connectivity index is 2.11. The highest BCUT2D eigenvalue weighted by Crippen LogP contribution is 2.23. The highest BCUT2D eigenvalue weighted by molar-refractivity contribution is 5.48. The minimum atomic E-state index is -0.0162. The number of hydrogen-bond acceptors (Lipinski definition) is 3. The van der Waals surface area contributed by atoms with Gasteiger partial charge in [0.05, 0.1) is 5.69 Å². The van der Waals surface area contributed by atoms with Crippen molar-refractivity contribution >= 4 is 5.65 Å². The minimum Gasteiger partial charge on any atom is -0.316 e. The molecule has 0 saturated carbocycles. The van der Waals surface area contributed by atoms with Gasteiger partial charge in [-0.3, -0.25) is 9.89 Å². The van der Waals surface area contributed by atoms with Crippen LogP contribution >= 0.6 is 0 Å². The number of H-pyrrole nitrogens is 1. The Hall–Kier alpha value is -1.62. The van der Waals surface area contributed by atoms with Gasteiger partial charge in [0.2, 0.25) is 0 Å². The quantitative estimate of drug-likeness (QED) is 0.862. The molecule has 2 aromatic rings. The molecule has 1 aliphatic heterocycles. The molecule has 2 aromatic heterocycles. The van der Waals surface area contributed by atoms with E-state index in [-0.39, 0.29) is 5.56 Å². The Morgan fingerprint density at radius 2 is 2.32 bits per heavy atom. The molecule has 19 heavy (non-hydrogen) atoms. The smallest absolute Gasteiger partial charge is 0.272 e. The van der Waals surface area contributed by atoms with Crippen LogP contribution in [-0.4, -0.2) is 27.7 Å². The van der Waals surface area contributed by atoms with E-state index in [0.717, 1.165) is 42.8 Å². The van der Waals surface area contributed by atoms with Gasteiger partial charge in [-0.1, -0.05) is 13.8 Å². The number of fused-ring (bicyclic) bond motifs is 1. The maximum absolute atomic E-state index is 12.1. The summed E-state index contributed by atoms with van der Waals surface area (Å²) >= 11 is 0. The topological polar surface area (TPSA) is 62.2 Å². The first-order chi connectivity index (χ1) is 9.16. The van der Waals surface area contributed by atoms with Crippen molar-refractivity contribution in [2.24, 2.45) is 0 Å². The molecule has 0 radical (unpaired) electrons. The average molecular weight is 260 g/mol. The molecule has 0 amide bonds. The van der Waals surface area contributed by atoms with Crippen molar-refractivity contribution in [3.63, 3.8) is 0 Å². The van der Waals surface area contributed by atoms with Gasteiger partial charge in [0, 0.05) is 30.3 Å². The fourth-order valence-electron chi connectivity index (χ4n) is 2.76. The summed E-state index contributed by atoms with van der Waals surface area (Å²) in [5.74, 6) is 0.717. The van der Waals surface area contributed by atoms with Crippen LogP contribution in [0.5, 0.6) is 0 Å². The van der Waals surface area contributed by atoms with E-state index in [1.807, 2.05) is 6.20 Å². The summed E-state index contributed by atoms with van der Waals surface area (Å²) in [4.78, 5) is 16.9. The summed E-state index contributed by atoms with van der Waals surface area (Å²) in [6.45, 7) is 6.22. The zero-order valence-electron chi connectivity index (χ0n) is 11.4. The zero-order chi connectivity index (χ0) is 13.4. The highest BCUT2D eigenvalue weighted by atomic mass is 16.1. The summed E-state index contributed by atoms with van der Waals surface area (Å²) in [5, 5.41) is 6.37. The first-order valence-electron chi connectivity index (χ1n) is 6.98. The van der Waals surface area contributed by atoms with Gasteiger partial charge in [-0.05, 0) is 25.3 Å². The van der Waals surface area contributed by atoms with E-state index >= 15 is 0 Å². The molecule has 1 saturated heterocycles. The Morgan fingerprint density at radius 1 is 1.47 bits per heavy atom. The fraction of sp³-hybridized carbons (Fsp3) is 0.571. The number of aromatic nitrogens is 3. The Labute approximate surface area is 112 Å². The molecule has 2 N–H and O–H groups in total. The second kappa shape index (κ2) is 4.81. The molecule has 0 aliphatic carbocycles. The van der Waals surface area contributed by atoms with Crippen molar-refractivity contribution in [1.29, 1.82) is 0 Å². The summed E-state index contributed by atoms with van der Waals surface area (Å²) < 4.78 is 1.54. The van der Waals surface area contributed by atoms with Gasteiger partial charge in [0.15, 0.2) is 5.65 Å². The molecule has 5 nitrogen and oxygen atoms in total. The molecule has 5 heteroatoms. The largest absolute Gasteiger partial charge is 0.316 e. The predicted molar refractivity (Wildman–Crippen MR) is 74.7 cm³/mol. The van der Waals surface area contributed by atoms with E-state index in [9.17, 15) is 4.79 Å². The van der Waals surface area contributed by atoms with E-state index < -0.39 is 0 Å². The molecule has 0 bridgehead atoms. The van der Waals surface area contributed by atoms with E-state index in [1.54, 1.807) is 6.07 Å². The number of nitrogens with zero attached hydrogens (tertiary/aromatic N) is 2. The molecule has 1 atom stereocenters. The molecular weight excluding hydrogens is 240 g/mol. The fourth-order valence-corrected chi connectivity index (χ4v) is 2.76. The average Bonchev–Trinajstić information content (AvgIpc) is 2.84. The van der Waals surface area contributed by atoms with E-state index in [2.05, 4.69) is 24.3 Å². The van der Waals surface area contributed by atoms with Crippen LogP contribution in [0.25, 0.3) is 5.65 Å². The molecular formula is C14H20N4O.